The maximum Gasteiger partial charge on any atom is 0.423 e. The van der Waals surface area contributed by atoms with Gasteiger partial charge in [0.2, 0.25) is 0 Å². The lowest BCUT2D eigenvalue weighted by molar-refractivity contribution is -0.388. The van der Waals surface area contributed by atoms with Crippen molar-refractivity contribution in [2.75, 3.05) is 5.32 Å². The summed E-state index contributed by atoms with van der Waals surface area (Å²) in [6.45, 7) is 3.19. The Morgan fingerprint density at radius 2 is 1.81 bits per heavy atom. The van der Waals surface area contributed by atoms with Gasteiger partial charge < -0.3 is 10.4 Å². The summed E-state index contributed by atoms with van der Waals surface area (Å²) in [7, 11) is 0. The minimum Gasteiger partial charge on any atom is -0.382 e. The molecule has 0 aromatic heterocycles. The zero-order chi connectivity index (χ0) is 20.4. The highest BCUT2D eigenvalue weighted by Gasteiger charge is 2.39. The zero-order valence-corrected chi connectivity index (χ0v) is 15.3. The van der Waals surface area contributed by atoms with E-state index in [1.807, 2.05) is 6.07 Å². The van der Waals surface area contributed by atoms with Crippen molar-refractivity contribution in [1.82, 2.24) is 0 Å². The lowest BCUT2D eigenvalue weighted by Gasteiger charge is -2.32. The second-order valence-corrected chi connectivity index (χ2v) is 6.63. The Hall–Kier alpha value is -2.52. The van der Waals surface area contributed by atoms with Gasteiger partial charge in [-0.2, -0.15) is 13.2 Å². The molecule has 2 aromatic rings. The lowest BCUT2D eigenvalue weighted by atomic mass is 9.84. The number of aliphatic hydroxyl groups is 1. The number of nitro benzene ring substituents is 1. The number of rotatable bonds is 5. The first-order valence-electron chi connectivity index (χ1n) is 7.89. The molecule has 144 valence electrons. The number of nitro groups is 1. The van der Waals surface area contributed by atoms with Crippen LogP contribution >= 0.6 is 12.2 Å². The first-order chi connectivity index (χ1) is 12.4. The van der Waals surface area contributed by atoms with Gasteiger partial charge >= 0.3 is 6.18 Å². The van der Waals surface area contributed by atoms with Gasteiger partial charge in [0.05, 0.1) is 4.92 Å². The molecule has 2 rings (SSSR count). The summed E-state index contributed by atoms with van der Waals surface area (Å²) in [5.74, 6) is -0.446. The summed E-state index contributed by atoms with van der Waals surface area (Å²) >= 11 is 5.19. The molecule has 0 aliphatic heterocycles. The molecule has 0 heterocycles. The molecule has 0 bridgehead atoms. The molecule has 0 amide bonds. The first-order valence-corrected chi connectivity index (χ1v) is 8.30. The molecule has 9 heteroatoms. The van der Waals surface area contributed by atoms with E-state index in [1.165, 1.54) is 6.92 Å². The topological polar surface area (TPSA) is 75.4 Å². The molecular formula is C18H17F3N2O3S. The number of nitrogens with one attached hydrogen (secondary N) is 1. The number of alkyl halides is 3. The number of hydrogen-bond acceptors (Lipinski definition) is 4. The van der Waals surface area contributed by atoms with Crippen LogP contribution in [0.4, 0.5) is 24.5 Å². The molecule has 2 N–H and O–H groups in total. The van der Waals surface area contributed by atoms with Gasteiger partial charge in [-0.3, -0.25) is 10.1 Å². The Kier molecular flexibility index (Phi) is 5.86. The fourth-order valence-corrected chi connectivity index (χ4v) is 2.82. The lowest BCUT2D eigenvalue weighted by Crippen LogP contribution is -2.43. The molecule has 0 saturated carbocycles. The van der Waals surface area contributed by atoms with Gasteiger partial charge in [0, 0.05) is 17.7 Å². The third kappa shape index (κ3) is 4.61. The molecule has 2 unspecified atom stereocenters. The van der Waals surface area contributed by atoms with Crippen molar-refractivity contribution in [2.24, 2.45) is 0 Å². The van der Waals surface area contributed by atoms with Crippen molar-refractivity contribution in [3.05, 3.63) is 69.8 Å². The Morgan fingerprint density at radius 3 is 2.33 bits per heavy atom. The maximum absolute atomic E-state index is 13.1. The van der Waals surface area contributed by atoms with E-state index in [4.69, 9.17) is 12.2 Å². The number of nitrogens with zero attached hydrogens (tertiary/aromatic N) is 1. The minimum atomic E-state index is -4.90. The molecule has 5 nitrogen and oxygen atoms in total. The van der Waals surface area contributed by atoms with Crippen LogP contribution in [0, 0.1) is 10.1 Å². The van der Waals surface area contributed by atoms with Gasteiger partial charge in [-0.25, -0.2) is 0 Å². The van der Waals surface area contributed by atoms with Crippen molar-refractivity contribution in [3.8, 4) is 0 Å². The second kappa shape index (κ2) is 7.61. The van der Waals surface area contributed by atoms with Gasteiger partial charge in [-0.1, -0.05) is 49.5 Å². The molecule has 27 heavy (non-hydrogen) atoms. The standard InChI is InChI=1S/C18H17F3N2O3S/c1-11(12-6-4-3-5-7-12)17(2,24)16(27)22-13-8-9-15(23(25)26)14(10-13)18(19,20)21/h3-11,24H,1-2H3,(H,22,27). The van der Waals surface area contributed by atoms with E-state index in [-0.39, 0.29) is 10.7 Å². The summed E-state index contributed by atoms with van der Waals surface area (Å²) in [6.07, 6.45) is -4.90. The van der Waals surface area contributed by atoms with E-state index in [2.05, 4.69) is 5.32 Å². The largest absolute Gasteiger partial charge is 0.423 e. The van der Waals surface area contributed by atoms with Crippen LogP contribution in [0.15, 0.2) is 48.5 Å². The van der Waals surface area contributed by atoms with Crippen molar-refractivity contribution >= 4 is 28.6 Å². The SMILES string of the molecule is CC(c1ccccc1)C(C)(O)C(=S)Nc1ccc([N+](=O)[O-])c(C(F)(F)F)c1. The van der Waals surface area contributed by atoms with Gasteiger partial charge in [0.1, 0.15) is 16.2 Å². The van der Waals surface area contributed by atoms with Gasteiger partial charge in [0.15, 0.2) is 0 Å². The van der Waals surface area contributed by atoms with Gasteiger partial charge in [-0.15, -0.1) is 0 Å². The molecule has 0 aliphatic rings. The number of halogens is 3. The van der Waals surface area contributed by atoms with E-state index in [1.54, 1.807) is 31.2 Å². The Bertz CT molecular complexity index is 855. The summed E-state index contributed by atoms with van der Waals surface area (Å²) in [5, 5.41) is 24.2. The fourth-order valence-electron chi connectivity index (χ4n) is 2.52. The average molecular weight is 398 g/mol. The Morgan fingerprint density at radius 1 is 1.22 bits per heavy atom. The van der Waals surface area contributed by atoms with E-state index in [9.17, 15) is 28.4 Å². The molecule has 2 aromatic carbocycles. The van der Waals surface area contributed by atoms with Crippen LogP contribution in [-0.4, -0.2) is 20.6 Å². The van der Waals surface area contributed by atoms with E-state index < -0.39 is 33.9 Å². The number of anilines is 1. The third-order valence-corrected chi connectivity index (χ3v) is 4.87. The number of benzene rings is 2. The highest BCUT2D eigenvalue weighted by atomic mass is 32.1. The fraction of sp³-hybridized carbons (Fsp3) is 0.278. The first kappa shape index (κ1) is 20.8. The summed E-state index contributed by atoms with van der Waals surface area (Å²) in [6, 6.07) is 11.5. The van der Waals surface area contributed by atoms with Crippen molar-refractivity contribution in [1.29, 1.82) is 0 Å². The maximum atomic E-state index is 13.1. The molecule has 0 fully saturated rings. The van der Waals surface area contributed by atoms with E-state index in [0.29, 0.717) is 6.07 Å². The summed E-state index contributed by atoms with van der Waals surface area (Å²) in [4.78, 5) is 9.63. The average Bonchev–Trinajstić information content (AvgIpc) is 2.60. The molecule has 0 radical (unpaired) electrons. The molecule has 0 saturated heterocycles. The van der Waals surface area contributed by atoms with Gasteiger partial charge in [0.25, 0.3) is 5.69 Å². The number of hydrogen-bond donors (Lipinski definition) is 2. The normalized spacial score (nSPS) is 14.9. The second-order valence-electron chi connectivity index (χ2n) is 6.22. The van der Waals surface area contributed by atoms with Crippen LogP contribution in [0.1, 0.15) is 30.9 Å². The van der Waals surface area contributed by atoms with Crippen LogP contribution < -0.4 is 5.32 Å². The Balaban J connectivity index is 2.30. The van der Waals surface area contributed by atoms with Crippen LogP contribution in [0.5, 0.6) is 0 Å². The predicted molar refractivity (Wildman–Crippen MR) is 99.8 cm³/mol. The third-order valence-electron chi connectivity index (χ3n) is 4.36. The zero-order valence-electron chi connectivity index (χ0n) is 14.4. The van der Waals surface area contributed by atoms with Crippen LogP contribution in [0.3, 0.4) is 0 Å². The summed E-state index contributed by atoms with van der Waals surface area (Å²) < 4.78 is 39.3. The smallest absolute Gasteiger partial charge is 0.382 e. The van der Waals surface area contributed by atoms with E-state index >= 15 is 0 Å². The van der Waals surface area contributed by atoms with Crippen molar-refractivity contribution in [3.63, 3.8) is 0 Å². The van der Waals surface area contributed by atoms with Crippen LogP contribution in [0.25, 0.3) is 0 Å². The molecule has 2 atom stereocenters. The highest BCUT2D eigenvalue weighted by Crippen LogP contribution is 2.38. The molecular weight excluding hydrogens is 381 g/mol. The molecule has 0 aliphatic carbocycles. The van der Waals surface area contributed by atoms with Gasteiger partial charge in [-0.05, 0) is 24.6 Å². The minimum absolute atomic E-state index is 0.0965. The predicted octanol–water partition coefficient (Wildman–Crippen LogP) is 4.91. The van der Waals surface area contributed by atoms with Crippen LogP contribution in [-0.2, 0) is 6.18 Å². The highest BCUT2D eigenvalue weighted by molar-refractivity contribution is 7.80. The van der Waals surface area contributed by atoms with Crippen molar-refractivity contribution < 1.29 is 23.2 Å². The monoisotopic (exact) mass is 398 g/mol. The Labute approximate surface area is 159 Å². The van der Waals surface area contributed by atoms with Crippen molar-refractivity contribution in [2.45, 2.75) is 31.5 Å². The quantitative estimate of drug-likeness (QED) is 0.425. The van der Waals surface area contributed by atoms with E-state index in [0.717, 1.165) is 17.7 Å². The summed E-state index contributed by atoms with van der Waals surface area (Å²) in [5.41, 5.74) is -3.30. The number of thiocarbonyl (C=S) groups is 1. The van der Waals surface area contributed by atoms with Crippen LogP contribution in [0.2, 0.25) is 0 Å². The molecule has 0 spiro atoms.